The summed E-state index contributed by atoms with van der Waals surface area (Å²) >= 11 is 6.98. The highest BCUT2D eigenvalue weighted by molar-refractivity contribution is 8.24. The Balaban J connectivity index is 2.07. The molecule has 1 atom stereocenters. The molecule has 1 aromatic rings. The summed E-state index contributed by atoms with van der Waals surface area (Å²) in [6.45, 7) is 13.3. The number of thiocarbonyl (C=S) groups is 1. The van der Waals surface area contributed by atoms with Crippen molar-refractivity contribution in [3.8, 4) is 0 Å². The lowest BCUT2D eigenvalue weighted by molar-refractivity contribution is -0.134. The summed E-state index contributed by atoms with van der Waals surface area (Å²) in [6.07, 6.45) is 0.259. The van der Waals surface area contributed by atoms with Crippen molar-refractivity contribution in [2.24, 2.45) is 0 Å². The van der Waals surface area contributed by atoms with Gasteiger partial charge < -0.3 is 10.2 Å². The van der Waals surface area contributed by atoms with Crippen LogP contribution < -0.4 is 5.32 Å². The van der Waals surface area contributed by atoms with E-state index >= 15 is 0 Å². The van der Waals surface area contributed by atoms with Gasteiger partial charge in [-0.3, -0.25) is 14.5 Å². The molecular formula is C21H31N3O2S2. The van der Waals surface area contributed by atoms with Crippen LogP contribution in [0, 0.1) is 6.92 Å². The number of aryl methyl sites for hydroxylation is 1. The Bertz CT molecular complexity index is 715. The predicted octanol–water partition coefficient (Wildman–Crippen LogP) is 3.00. The molecule has 7 heteroatoms. The van der Waals surface area contributed by atoms with Crippen LogP contribution in [0.3, 0.4) is 0 Å². The summed E-state index contributed by atoms with van der Waals surface area (Å²) in [5.74, 6) is -0.259. The SMILES string of the molecule is CCN(CC)CCN1C(=O)C(NC(=O)Cc2ccc(C)cc2)C(C)(C)SC1=S. The minimum atomic E-state index is -0.598. The molecule has 2 rings (SSSR count). The number of nitrogens with one attached hydrogen (secondary N) is 1. The first-order valence-electron chi connectivity index (χ1n) is 9.79. The second kappa shape index (κ2) is 9.85. The number of thioether (sulfide) groups is 1. The Morgan fingerprint density at radius 1 is 1.25 bits per heavy atom. The fourth-order valence-electron chi connectivity index (χ4n) is 3.20. The van der Waals surface area contributed by atoms with E-state index in [0.717, 1.165) is 30.8 Å². The number of likely N-dealkylation sites (N-methyl/N-ethyl adjacent to an activating group) is 1. The van der Waals surface area contributed by atoms with E-state index in [9.17, 15) is 9.59 Å². The largest absolute Gasteiger partial charge is 0.343 e. The van der Waals surface area contributed by atoms with Gasteiger partial charge in [-0.25, -0.2) is 0 Å². The quantitative estimate of drug-likeness (QED) is 0.654. The van der Waals surface area contributed by atoms with Crippen molar-refractivity contribution in [1.29, 1.82) is 0 Å². The van der Waals surface area contributed by atoms with Gasteiger partial charge in [0, 0.05) is 17.8 Å². The standard InChI is InChI=1S/C21H31N3O2S2/c1-6-23(7-2)12-13-24-19(26)18(21(4,5)28-20(24)27)22-17(25)14-16-10-8-15(3)9-11-16/h8-11,18H,6-7,12-14H2,1-5H3,(H,22,25). The zero-order valence-electron chi connectivity index (χ0n) is 17.4. The average molecular weight is 422 g/mol. The number of rotatable bonds is 8. The van der Waals surface area contributed by atoms with Gasteiger partial charge in [-0.15, -0.1) is 0 Å². The normalized spacial score (nSPS) is 19.2. The lowest BCUT2D eigenvalue weighted by atomic mass is 10.0. The number of nitrogens with zero attached hydrogens (tertiary/aromatic N) is 2. The molecule has 0 spiro atoms. The summed E-state index contributed by atoms with van der Waals surface area (Å²) in [4.78, 5) is 29.7. The second-order valence-electron chi connectivity index (χ2n) is 7.65. The smallest absolute Gasteiger partial charge is 0.252 e. The molecule has 1 aromatic carbocycles. The van der Waals surface area contributed by atoms with E-state index in [-0.39, 0.29) is 18.2 Å². The number of benzene rings is 1. The minimum absolute atomic E-state index is 0.113. The van der Waals surface area contributed by atoms with Crippen LogP contribution in [0.15, 0.2) is 24.3 Å². The molecule has 1 aliphatic heterocycles. The van der Waals surface area contributed by atoms with Gasteiger partial charge in [0.05, 0.1) is 6.42 Å². The van der Waals surface area contributed by atoms with Crippen LogP contribution in [0.1, 0.15) is 38.8 Å². The maximum atomic E-state index is 13.2. The molecule has 0 radical (unpaired) electrons. The highest BCUT2D eigenvalue weighted by Gasteiger charge is 2.46. The van der Waals surface area contributed by atoms with Crippen LogP contribution in [0.25, 0.3) is 0 Å². The number of hydrogen-bond donors (Lipinski definition) is 1. The Hall–Kier alpha value is -1.44. The van der Waals surface area contributed by atoms with Crippen LogP contribution in [0.4, 0.5) is 0 Å². The van der Waals surface area contributed by atoms with Gasteiger partial charge in [0.1, 0.15) is 10.4 Å². The van der Waals surface area contributed by atoms with Crippen molar-refractivity contribution in [2.75, 3.05) is 26.2 Å². The molecule has 1 aliphatic rings. The summed E-state index contributed by atoms with van der Waals surface area (Å²) in [7, 11) is 0. The monoisotopic (exact) mass is 421 g/mol. The molecule has 0 aromatic heterocycles. The second-order valence-corrected chi connectivity index (χ2v) is 9.94. The minimum Gasteiger partial charge on any atom is -0.343 e. The zero-order chi connectivity index (χ0) is 20.9. The van der Waals surface area contributed by atoms with Crippen LogP contribution in [-0.4, -0.2) is 62.9 Å². The predicted molar refractivity (Wildman–Crippen MR) is 121 cm³/mol. The molecule has 5 nitrogen and oxygen atoms in total. The molecular weight excluding hydrogens is 390 g/mol. The molecule has 1 N–H and O–H groups in total. The van der Waals surface area contributed by atoms with E-state index in [4.69, 9.17) is 12.2 Å². The lowest BCUT2D eigenvalue weighted by Gasteiger charge is -2.43. The van der Waals surface area contributed by atoms with Gasteiger partial charge in [-0.05, 0) is 39.4 Å². The van der Waals surface area contributed by atoms with Crippen molar-refractivity contribution in [2.45, 2.75) is 51.8 Å². The molecule has 0 bridgehead atoms. The van der Waals surface area contributed by atoms with Gasteiger partial charge in [0.15, 0.2) is 0 Å². The van der Waals surface area contributed by atoms with Gasteiger partial charge in [-0.2, -0.15) is 0 Å². The van der Waals surface area contributed by atoms with Gasteiger partial charge in [0.2, 0.25) is 5.91 Å². The molecule has 2 amide bonds. The van der Waals surface area contributed by atoms with E-state index in [1.54, 1.807) is 4.90 Å². The summed E-state index contributed by atoms with van der Waals surface area (Å²) in [5, 5.41) is 2.96. The summed E-state index contributed by atoms with van der Waals surface area (Å²) in [5.41, 5.74) is 2.09. The Morgan fingerprint density at radius 3 is 2.43 bits per heavy atom. The molecule has 28 heavy (non-hydrogen) atoms. The number of carbonyl (C=O) groups excluding carboxylic acids is 2. The van der Waals surface area contributed by atoms with E-state index in [1.165, 1.54) is 11.8 Å². The van der Waals surface area contributed by atoms with Crippen molar-refractivity contribution in [3.05, 3.63) is 35.4 Å². The highest BCUT2D eigenvalue weighted by Crippen LogP contribution is 2.36. The lowest BCUT2D eigenvalue weighted by Crippen LogP contribution is -2.63. The number of amides is 2. The highest BCUT2D eigenvalue weighted by atomic mass is 32.2. The number of hydrogen-bond acceptors (Lipinski definition) is 5. The van der Waals surface area contributed by atoms with E-state index in [2.05, 4.69) is 24.1 Å². The average Bonchev–Trinajstić information content (AvgIpc) is 2.63. The van der Waals surface area contributed by atoms with E-state index < -0.39 is 10.8 Å². The molecule has 0 aliphatic carbocycles. The summed E-state index contributed by atoms with van der Waals surface area (Å²) < 4.78 is 0.106. The maximum Gasteiger partial charge on any atom is 0.252 e. The summed E-state index contributed by atoms with van der Waals surface area (Å²) in [6, 6.07) is 7.27. The Labute approximate surface area is 178 Å². The third kappa shape index (κ3) is 5.78. The van der Waals surface area contributed by atoms with Gasteiger partial charge in [-0.1, -0.05) is 67.7 Å². The topological polar surface area (TPSA) is 52.6 Å². The van der Waals surface area contributed by atoms with E-state index in [0.29, 0.717) is 10.9 Å². The molecule has 154 valence electrons. The zero-order valence-corrected chi connectivity index (χ0v) is 19.1. The fraction of sp³-hybridized carbons (Fsp3) is 0.571. The van der Waals surface area contributed by atoms with Crippen LogP contribution in [-0.2, 0) is 16.0 Å². The van der Waals surface area contributed by atoms with Crippen molar-refractivity contribution in [3.63, 3.8) is 0 Å². The Morgan fingerprint density at radius 2 is 1.86 bits per heavy atom. The van der Waals surface area contributed by atoms with Crippen molar-refractivity contribution < 1.29 is 9.59 Å². The first-order valence-corrected chi connectivity index (χ1v) is 11.0. The van der Waals surface area contributed by atoms with Crippen LogP contribution in [0.5, 0.6) is 0 Å². The molecule has 1 unspecified atom stereocenters. The van der Waals surface area contributed by atoms with Crippen molar-refractivity contribution in [1.82, 2.24) is 15.1 Å². The fourth-order valence-corrected chi connectivity index (χ4v) is 5.05. The molecule has 0 saturated carbocycles. The first-order chi connectivity index (χ1) is 13.2. The van der Waals surface area contributed by atoms with E-state index in [1.807, 2.05) is 45.0 Å². The Kier molecular flexibility index (Phi) is 8.04. The van der Waals surface area contributed by atoms with Crippen molar-refractivity contribution >= 4 is 40.1 Å². The van der Waals surface area contributed by atoms with Crippen LogP contribution >= 0.6 is 24.0 Å². The molecule has 1 saturated heterocycles. The number of carbonyl (C=O) groups is 2. The molecule has 1 heterocycles. The van der Waals surface area contributed by atoms with Gasteiger partial charge >= 0.3 is 0 Å². The maximum absolute atomic E-state index is 13.2. The first kappa shape index (κ1) is 22.8. The van der Waals surface area contributed by atoms with Gasteiger partial charge in [0.25, 0.3) is 5.91 Å². The third-order valence-electron chi connectivity index (χ3n) is 5.10. The van der Waals surface area contributed by atoms with Crippen LogP contribution in [0.2, 0.25) is 0 Å². The molecule has 1 fully saturated rings. The third-order valence-corrected chi connectivity index (χ3v) is 6.73.